The monoisotopic (exact) mass is 395 g/mol. The number of benzene rings is 2. The van der Waals surface area contributed by atoms with E-state index in [-0.39, 0.29) is 17.0 Å². The van der Waals surface area contributed by atoms with Gasteiger partial charge in [0.05, 0.1) is 11.8 Å². The maximum atomic E-state index is 12.7. The minimum atomic E-state index is -4.32. The zero-order valence-corrected chi connectivity index (χ0v) is 14.3. The lowest BCUT2D eigenvalue weighted by Gasteiger charge is -2.08. The summed E-state index contributed by atoms with van der Waals surface area (Å²) in [5, 5.41) is 0. The molecule has 0 radical (unpaired) electrons. The van der Waals surface area contributed by atoms with E-state index in [1.54, 1.807) is 17.0 Å². The van der Waals surface area contributed by atoms with Gasteiger partial charge in [0.1, 0.15) is 6.54 Å². The summed E-state index contributed by atoms with van der Waals surface area (Å²) in [4.78, 5) is 4.36. The van der Waals surface area contributed by atoms with E-state index in [1.165, 1.54) is 6.07 Å². The number of hydrogen-bond donors (Lipinski definition) is 0. The van der Waals surface area contributed by atoms with Crippen LogP contribution in [0, 0.1) is 0 Å². The number of nitrogens with zero attached hydrogens (tertiary/aromatic N) is 2. The van der Waals surface area contributed by atoms with Gasteiger partial charge in [-0.05, 0) is 22.7 Å². The molecule has 0 fully saturated rings. The summed E-state index contributed by atoms with van der Waals surface area (Å²) >= 11 is 0. The SMILES string of the molecule is Br.FC(F)(F)c1cccc(C[n+]2ccc(-c3ccccc3)nc2)c1. The molecule has 0 bridgehead atoms. The van der Waals surface area contributed by atoms with Gasteiger partial charge < -0.3 is 0 Å². The zero-order valence-electron chi connectivity index (χ0n) is 12.6. The third-order valence-corrected chi connectivity index (χ3v) is 3.46. The van der Waals surface area contributed by atoms with Crippen molar-refractivity contribution in [2.24, 2.45) is 0 Å². The second-order valence-corrected chi connectivity index (χ2v) is 5.18. The minimum Gasteiger partial charge on any atom is -0.233 e. The van der Waals surface area contributed by atoms with Crippen molar-refractivity contribution in [3.8, 4) is 11.3 Å². The highest BCUT2D eigenvalue weighted by Gasteiger charge is 2.30. The van der Waals surface area contributed by atoms with E-state index in [2.05, 4.69) is 4.98 Å². The molecule has 0 amide bonds. The number of aromatic nitrogens is 2. The number of rotatable bonds is 3. The number of halogens is 4. The standard InChI is InChI=1S/C18H14F3N2.BrH/c19-18(20,21)16-8-4-5-14(11-16)12-23-10-9-17(22-13-23)15-6-2-1-3-7-15;/h1-11,13H,12H2;1H/q+1;. The van der Waals surface area contributed by atoms with Crippen LogP contribution in [0.4, 0.5) is 13.2 Å². The second kappa shape index (κ2) is 7.57. The highest BCUT2D eigenvalue weighted by molar-refractivity contribution is 8.93. The van der Waals surface area contributed by atoms with Gasteiger partial charge in [-0.2, -0.15) is 13.2 Å². The van der Waals surface area contributed by atoms with Crippen LogP contribution in [0.5, 0.6) is 0 Å². The molecule has 0 spiro atoms. The lowest BCUT2D eigenvalue weighted by atomic mass is 10.1. The van der Waals surface area contributed by atoms with E-state index in [0.717, 1.165) is 23.4 Å². The highest BCUT2D eigenvalue weighted by Crippen LogP contribution is 2.29. The average Bonchev–Trinajstić information content (AvgIpc) is 2.56. The molecule has 0 unspecified atom stereocenters. The van der Waals surface area contributed by atoms with Gasteiger partial charge in [-0.15, -0.1) is 17.0 Å². The smallest absolute Gasteiger partial charge is 0.233 e. The van der Waals surface area contributed by atoms with Gasteiger partial charge in [-0.3, -0.25) is 0 Å². The van der Waals surface area contributed by atoms with Crippen molar-refractivity contribution in [3.63, 3.8) is 0 Å². The Labute approximate surface area is 148 Å². The molecule has 3 rings (SSSR count). The molecule has 0 saturated carbocycles. The first kappa shape index (κ1) is 18.1. The first-order valence-electron chi connectivity index (χ1n) is 7.09. The summed E-state index contributed by atoms with van der Waals surface area (Å²) in [5.41, 5.74) is 1.77. The summed E-state index contributed by atoms with van der Waals surface area (Å²) in [5.74, 6) is 0. The average molecular weight is 396 g/mol. The molecule has 0 atom stereocenters. The molecule has 3 aromatic rings. The fraction of sp³-hybridized carbons (Fsp3) is 0.111. The lowest BCUT2D eigenvalue weighted by molar-refractivity contribution is -0.691. The van der Waals surface area contributed by atoms with E-state index in [9.17, 15) is 13.2 Å². The topological polar surface area (TPSA) is 16.8 Å². The largest absolute Gasteiger partial charge is 0.416 e. The van der Waals surface area contributed by atoms with Gasteiger partial charge in [0.25, 0.3) is 6.33 Å². The number of alkyl halides is 3. The van der Waals surface area contributed by atoms with Crippen LogP contribution in [0.3, 0.4) is 0 Å². The second-order valence-electron chi connectivity index (χ2n) is 5.18. The van der Waals surface area contributed by atoms with E-state index < -0.39 is 11.7 Å². The van der Waals surface area contributed by atoms with Crippen molar-refractivity contribution in [2.75, 3.05) is 0 Å². The molecule has 0 saturated heterocycles. The van der Waals surface area contributed by atoms with Crippen LogP contribution in [-0.2, 0) is 12.7 Å². The van der Waals surface area contributed by atoms with Gasteiger partial charge in [0.2, 0.25) is 0 Å². The van der Waals surface area contributed by atoms with Crippen LogP contribution >= 0.6 is 17.0 Å². The molecule has 0 aliphatic carbocycles. The molecule has 24 heavy (non-hydrogen) atoms. The first-order chi connectivity index (χ1) is 11.0. The fourth-order valence-corrected chi connectivity index (χ4v) is 2.31. The predicted octanol–water partition coefficient (Wildman–Crippen LogP) is 4.68. The van der Waals surface area contributed by atoms with Crippen molar-refractivity contribution < 1.29 is 17.7 Å². The van der Waals surface area contributed by atoms with Crippen LogP contribution in [0.1, 0.15) is 11.1 Å². The van der Waals surface area contributed by atoms with Gasteiger partial charge in [0.15, 0.2) is 5.69 Å². The molecule has 1 heterocycles. The first-order valence-corrected chi connectivity index (χ1v) is 7.09. The lowest BCUT2D eigenvalue weighted by Crippen LogP contribution is -2.34. The Balaban J connectivity index is 0.00000208. The molecular formula is C18H15BrF3N2+. The van der Waals surface area contributed by atoms with Crippen LogP contribution in [0.15, 0.2) is 73.2 Å². The van der Waals surface area contributed by atoms with Crippen LogP contribution in [-0.4, -0.2) is 4.98 Å². The third-order valence-electron chi connectivity index (χ3n) is 3.46. The van der Waals surface area contributed by atoms with Crippen molar-refractivity contribution in [3.05, 3.63) is 84.3 Å². The van der Waals surface area contributed by atoms with Crippen LogP contribution in [0.25, 0.3) is 11.3 Å². The van der Waals surface area contributed by atoms with E-state index in [4.69, 9.17) is 0 Å². The van der Waals surface area contributed by atoms with Crippen LogP contribution in [0.2, 0.25) is 0 Å². The summed E-state index contributed by atoms with van der Waals surface area (Å²) < 4.78 is 39.9. The summed E-state index contributed by atoms with van der Waals surface area (Å²) in [7, 11) is 0. The van der Waals surface area contributed by atoms with Crippen molar-refractivity contribution in [1.29, 1.82) is 0 Å². The molecule has 1 aromatic heterocycles. The Hall–Kier alpha value is -2.21. The Kier molecular flexibility index (Phi) is 5.72. The molecular weight excluding hydrogens is 381 g/mol. The predicted molar refractivity (Wildman–Crippen MR) is 90.7 cm³/mol. The third kappa shape index (κ3) is 4.41. The van der Waals surface area contributed by atoms with Crippen LogP contribution < -0.4 is 4.57 Å². The Morgan fingerprint density at radius 2 is 1.67 bits per heavy atom. The van der Waals surface area contributed by atoms with Crippen molar-refractivity contribution >= 4 is 17.0 Å². The molecule has 6 heteroatoms. The molecule has 0 N–H and O–H groups in total. The molecule has 0 aliphatic heterocycles. The fourth-order valence-electron chi connectivity index (χ4n) is 2.31. The number of hydrogen-bond acceptors (Lipinski definition) is 1. The van der Waals surface area contributed by atoms with Gasteiger partial charge in [-0.1, -0.05) is 42.5 Å². The van der Waals surface area contributed by atoms with E-state index >= 15 is 0 Å². The summed E-state index contributed by atoms with van der Waals surface area (Å²) in [6.07, 6.45) is -0.881. The maximum Gasteiger partial charge on any atom is 0.416 e. The Morgan fingerprint density at radius 1 is 0.917 bits per heavy atom. The molecule has 0 aliphatic rings. The Bertz CT molecular complexity index is 787. The van der Waals surface area contributed by atoms with Gasteiger partial charge >= 0.3 is 6.18 Å². The quantitative estimate of drug-likeness (QED) is 0.588. The van der Waals surface area contributed by atoms with Crippen molar-refractivity contribution in [1.82, 2.24) is 4.98 Å². The highest BCUT2D eigenvalue weighted by atomic mass is 79.9. The van der Waals surface area contributed by atoms with Gasteiger partial charge in [0, 0.05) is 11.6 Å². The molecule has 2 aromatic carbocycles. The van der Waals surface area contributed by atoms with E-state index in [0.29, 0.717) is 12.1 Å². The Morgan fingerprint density at radius 3 is 2.29 bits per heavy atom. The van der Waals surface area contributed by atoms with E-state index in [1.807, 2.05) is 42.6 Å². The summed E-state index contributed by atoms with van der Waals surface area (Å²) in [6.45, 7) is 0.339. The normalized spacial score (nSPS) is 11.0. The van der Waals surface area contributed by atoms with Crippen molar-refractivity contribution in [2.45, 2.75) is 12.7 Å². The van der Waals surface area contributed by atoms with Gasteiger partial charge in [-0.25, -0.2) is 4.57 Å². The summed E-state index contributed by atoms with van der Waals surface area (Å²) in [6, 6.07) is 16.9. The zero-order chi connectivity index (χ0) is 16.3. The maximum absolute atomic E-state index is 12.7. The molecule has 2 nitrogen and oxygen atoms in total. The molecule has 124 valence electrons. The minimum absolute atomic E-state index is 0.